The van der Waals surface area contributed by atoms with Crippen molar-refractivity contribution in [2.45, 2.75) is 46.2 Å². The summed E-state index contributed by atoms with van der Waals surface area (Å²) in [6.07, 6.45) is 1.72. The van der Waals surface area contributed by atoms with E-state index in [1.54, 1.807) is 6.92 Å². The highest BCUT2D eigenvalue weighted by Gasteiger charge is 2.32. The van der Waals surface area contributed by atoms with Crippen LogP contribution < -0.4 is 9.62 Å². The van der Waals surface area contributed by atoms with Crippen molar-refractivity contribution in [2.75, 3.05) is 31.5 Å². The molecule has 8 nitrogen and oxygen atoms in total. The number of anilines is 1. The van der Waals surface area contributed by atoms with E-state index in [1.807, 2.05) is 38.1 Å². The Balaban J connectivity index is 2.42. The average Bonchev–Trinajstić information content (AvgIpc) is 2.82. The van der Waals surface area contributed by atoms with Gasteiger partial charge in [0.05, 0.1) is 5.69 Å². The summed E-state index contributed by atoms with van der Waals surface area (Å²) in [5.74, 6) is -1.40. The van der Waals surface area contributed by atoms with Crippen molar-refractivity contribution in [3.8, 4) is 0 Å². The lowest BCUT2D eigenvalue weighted by Gasteiger charge is -2.33. The van der Waals surface area contributed by atoms with Crippen LogP contribution in [-0.4, -0.2) is 62.7 Å². The molecular formula is C25H35FN4O4S. The smallest absolute Gasteiger partial charge is 0.304 e. The Hall–Kier alpha value is -2.98. The summed E-state index contributed by atoms with van der Waals surface area (Å²) in [5, 5.41) is 2.84. The number of benzene rings is 2. The summed E-state index contributed by atoms with van der Waals surface area (Å²) in [5.41, 5.74) is 1.93. The fourth-order valence-electron chi connectivity index (χ4n) is 3.41. The first-order valence-electron chi connectivity index (χ1n) is 11.6. The van der Waals surface area contributed by atoms with Gasteiger partial charge in [-0.25, -0.2) is 8.70 Å². The SMILES string of the molecule is CCCCNC(=O)C(C)N(Cc1ccccc1C)C(=O)CN(c1ccc(F)cc1)S(=O)(=O)N(C)C. The largest absolute Gasteiger partial charge is 0.354 e. The lowest BCUT2D eigenvalue weighted by Crippen LogP contribution is -2.52. The van der Waals surface area contributed by atoms with Crippen LogP contribution in [0.15, 0.2) is 48.5 Å². The molecule has 0 aliphatic rings. The standard InChI is InChI=1S/C25H35FN4O4S/c1-6-7-16-27-25(32)20(3)29(17-21-11-9-8-10-19(21)2)24(31)18-30(35(33,34)28(4)5)23-14-12-22(26)13-15-23/h8-15,20H,6-7,16-18H2,1-5H3,(H,27,32). The molecule has 192 valence electrons. The molecule has 1 unspecified atom stereocenters. The summed E-state index contributed by atoms with van der Waals surface area (Å²) in [6, 6.07) is 11.5. The number of halogens is 1. The van der Waals surface area contributed by atoms with Gasteiger partial charge in [0.2, 0.25) is 11.8 Å². The third-order valence-electron chi connectivity index (χ3n) is 5.73. The van der Waals surface area contributed by atoms with Gasteiger partial charge in [0.15, 0.2) is 0 Å². The number of unbranched alkanes of at least 4 members (excludes halogenated alkanes) is 1. The normalized spacial score (nSPS) is 12.3. The molecule has 0 bridgehead atoms. The van der Waals surface area contributed by atoms with Crippen molar-refractivity contribution in [1.29, 1.82) is 0 Å². The second kappa shape index (κ2) is 12.6. The van der Waals surface area contributed by atoms with Crippen molar-refractivity contribution >= 4 is 27.7 Å². The molecule has 0 aliphatic heterocycles. The van der Waals surface area contributed by atoms with Crippen LogP contribution in [0, 0.1) is 12.7 Å². The van der Waals surface area contributed by atoms with Gasteiger partial charge in [0.1, 0.15) is 18.4 Å². The Morgan fingerprint density at radius 1 is 1.06 bits per heavy atom. The zero-order valence-corrected chi connectivity index (χ0v) is 21.8. The molecule has 0 fully saturated rings. The number of hydrogen-bond donors (Lipinski definition) is 1. The third kappa shape index (κ3) is 7.50. The van der Waals surface area contributed by atoms with Crippen LogP contribution in [0.1, 0.15) is 37.8 Å². The van der Waals surface area contributed by atoms with Crippen LogP contribution in [0.5, 0.6) is 0 Å². The lowest BCUT2D eigenvalue weighted by atomic mass is 10.1. The van der Waals surface area contributed by atoms with Crippen LogP contribution in [0.4, 0.5) is 10.1 Å². The van der Waals surface area contributed by atoms with E-state index in [9.17, 15) is 22.4 Å². The van der Waals surface area contributed by atoms with Crippen molar-refractivity contribution in [1.82, 2.24) is 14.5 Å². The first-order valence-corrected chi connectivity index (χ1v) is 13.0. The monoisotopic (exact) mass is 506 g/mol. The van der Waals surface area contributed by atoms with Crippen LogP contribution in [-0.2, 0) is 26.3 Å². The van der Waals surface area contributed by atoms with E-state index in [-0.39, 0.29) is 18.1 Å². The van der Waals surface area contributed by atoms with Gasteiger partial charge >= 0.3 is 10.2 Å². The first kappa shape index (κ1) is 28.3. The van der Waals surface area contributed by atoms with Crippen molar-refractivity contribution in [3.63, 3.8) is 0 Å². The number of rotatable bonds is 12. The second-order valence-corrected chi connectivity index (χ2v) is 10.6. The molecule has 1 atom stereocenters. The van der Waals surface area contributed by atoms with Gasteiger partial charge < -0.3 is 10.2 Å². The Bertz CT molecular complexity index is 1110. The number of aryl methyl sites for hydroxylation is 1. The van der Waals surface area contributed by atoms with E-state index in [4.69, 9.17) is 0 Å². The zero-order chi connectivity index (χ0) is 26.2. The number of amides is 2. The molecule has 0 spiro atoms. The Labute approximate surface area is 207 Å². The lowest BCUT2D eigenvalue weighted by molar-refractivity contribution is -0.139. The van der Waals surface area contributed by atoms with Gasteiger partial charge in [0.25, 0.3) is 0 Å². The van der Waals surface area contributed by atoms with E-state index in [0.29, 0.717) is 6.54 Å². The fourth-order valence-corrected chi connectivity index (χ4v) is 4.47. The number of hydrogen-bond acceptors (Lipinski definition) is 4. The van der Waals surface area contributed by atoms with Gasteiger partial charge in [-0.1, -0.05) is 37.6 Å². The zero-order valence-electron chi connectivity index (χ0n) is 21.0. The van der Waals surface area contributed by atoms with Gasteiger partial charge in [-0.2, -0.15) is 12.7 Å². The molecule has 0 radical (unpaired) electrons. The number of carbonyl (C=O) groups is 2. The maximum Gasteiger partial charge on any atom is 0.304 e. The van der Waals surface area contributed by atoms with Gasteiger partial charge in [-0.3, -0.25) is 9.59 Å². The molecule has 2 amide bonds. The molecule has 0 saturated heterocycles. The van der Waals surface area contributed by atoms with E-state index >= 15 is 0 Å². The Morgan fingerprint density at radius 3 is 2.26 bits per heavy atom. The van der Waals surface area contributed by atoms with Gasteiger partial charge in [-0.05, 0) is 55.7 Å². The molecule has 35 heavy (non-hydrogen) atoms. The number of carbonyl (C=O) groups excluding carboxylic acids is 2. The number of nitrogens with zero attached hydrogens (tertiary/aromatic N) is 3. The highest BCUT2D eigenvalue weighted by molar-refractivity contribution is 7.90. The topological polar surface area (TPSA) is 90.0 Å². The second-order valence-electron chi connectivity index (χ2n) is 8.54. The van der Waals surface area contributed by atoms with E-state index < -0.39 is 34.5 Å². The van der Waals surface area contributed by atoms with Crippen LogP contribution in [0.2, 0.25) is 0 Å². The van der Waals surface area contributed by atoms with Crippen LogP contribution in [0.3, 0.4) is 0 Å². The van der Waals surface area contributed by atoms with Crippen molar-refractivity contribution in [3.05, 3.63) is 65.5 Å². The molecule has 2 aromatic carbocycles. The molecule has 0 aromatic heterocycles. The van der Waals surface area contributed by atoms with Gasteiger partial charge in [-0.15, -0.1) is 0 Å². The molecule has 0 saturated carbocycles. The summed E-state index contributed by atoms with van der Waals surface area (Å²) < 4.78 is 41.5. The predicted molar refractivity (Wildman–Crippen MR) is 135 cm³/mol. The highest BCUT2D eigenvalue weighted by atomic mass is 32.2. The van der Waals surface area contributed by atoms with E-state index in [2.05, 4.69) is 5.32 Å². The maximum absolute atomic E-state index is 13.6. The quantitative estimate of drug-likeness (QED) is 0.448. The minimum absolute atomic E-state index is 0.132. The maximum atomic E-state index is 13.6. The predicted octanol–water partition coefficient (Wildman–Crippen LogP) is 3.08. The summed E-state index contributed by atoms with van der Waals surface area (Å²) >= 11 is 0. The first-order chi connectivity index (χ1) is 16.5. The van der Waals surface area contributed by atoms with Crippen LogP contribution >= 0.6 is 0 Å². The van der Waals surface area contributed by atoms with E-state index in [1.165, 1.54) is 31.1 Å². The molecule has 1 N–H and O–H groups in total. The van der Waals surface area contributed by atoms with Gasteiger partial charge in [0, 0.05) is 27.2 Å². The van der Waals surface area contributed by atoms with Crippen molar-refractivity contribution < 1.29 is 22.4 Å². The molecule has 2 rings (SSSR count). The molecule has 0 heterocycles. The summed E-state index contributed by atoms with van der Waals surface area (Å²) in [7, 11) is -1.38. The molecule has 0 aliphatic carbocycles. The van der Waals surface area contributed by atoms with E-state index in [0.717, 1.165) is 44.7 Å². The number of nitrogens with one attached hydrogen (secondary N) is 1. The molecular weight excluding hydrogens is 471 g/mol. The average molecular weight is 507 g/mol. The highest BCUT2D eigenvalue weighted by Crippen LogP contribution is 2.21. The van der Waals surface area contributed by atoms with Crippen LogP contribution in [0.25, 0.3) is 0 Å². The van der Waals surface area contributed by atoms with Crippen molar-refractivity contribution in [2.24, 2.45) is 0 Å². The molecule has 10 heteroatoms. The minimum atomic E-state index is -4.08. The Morgan fingerprint density at radius 2 is 1.69 bits per heavy atom. The Kier molecular flexibility index (Phi) is 10.2. The third-order valence-corrected chi connectivity index (χ3v) is 7.55. The summed E-state index contributed by atoms with van der Waals surface area (Å²) in [6.45, 7) is 5.62. The fraction of sp³-hybridized carbons (Fsp3) is 0.440. The molecule has 2 aromatic rings. The summed E-state index contributed by atoms with van der Waals surface area (Å²) in [4.78, 5) is 27.8. The minimum Gasteiger partial charge on any atom is -0.354 e.